The molecule has 0 aliphatic rings. The van der Waals surface area contributed by atoms with E-state index in [4.69, 9.17) is 37.4 Å². The number of nitrogens with one attached hydrogen (secondary N) is 2. The molecule has 0 aromatic heterocycles. The zero-order valence-electron chi connectivity index (χ0n) is 20.0. The van der Waals surface area contributed by atoms with E-state index in [2.05, 4.69) is 31.8 Å². The first-order valence-corrected chi connectivity index (χ1v) is 12.3. The lowest BCUT2D eigenvalue weighted by Gasteiger charge is -2.22. The predicted molar refractivity (Wildman–Crippen MR) is 141 cm³/mol. The number of carbonyl (C=O) groups is 2. The van der Waals surface area contributed by atoms with Gasteiger partial charge in [0.1, 0.15) is 23.3 Å². The fraction of sp³-hybridized carbons (Fsp3) is 0.375. The van der Waals surface area contributed by atoms with Crippen LogP contribution in [0.2, 0.25) is 10.0 Å². The van der Waals surface area contributed by atoms with Crippen LogP contribution in [0, 0.1) is 5.92 Å². The molecule has 0 saturated heterocycles. The van der Waals surface area contributed by atoms with Crippen molar-refractivity contribution in [2.45, 2.75) is 39.3 Å². The highest BCUT2D eigenvalue weighted by atomic mass is 79.9. The zero-order chi connectivity index (χ0) is 26.1. The molecule has 8 nitrogen and oxygen atoms in total. The van der Waals surface area contributed by atoms with Gasteiger partial charge in [0, 0.05) is 16.7 Å². The van der Waals surface area contributed by atoms with Gasteiger partial charge in [0.2, 0.25) is 0 Å². The fourth-order valence-corrected chi connectivity index (χ4v) is 4.01. The van der Waals surface area contributed by atoms with Gasteiger partial charge in [-0.05, 0) is 59.5 Å². The first-order valence-electron chi connectivity index (χ1n) is 10.7. The maximum Gasteiger partial charge on any atom is 0.262 e. The van der Waals surface area contributed by atoms with Gasteiger partial charge in [-0.2, -0.15) is 5.10 Å². The molecular formula is C24H28BrCl2N3O5. The zero-order valence-corrected chi connectivity index (χ0v) is 23.1. The minimum absolute atomic E-state index is 0.134. The first-order chi connectivity index (χ1) is 16.5. The summed E-state index contributed by atoms with van der Waals surface area (Å²) in [4.78, 5) is 25.6. The van der Waals surface area contributed by atoms with Gasteiger partial charge in [-0.3, -0.25) is 9.59 Å². The van der Waals surface area contributed by atoms with E-state index in [9.17, 15) is 9.59 Å². The van der Waals surface area contributed by atoms with Crippen molar-refractivity contribution in [1.29, 1.82) is 0 Å². The van der Waals surface area contributed by atoms with Crippen LogP contribution in [0.4, 0.5) is 0 Å². The standard InChI is InChI=1S/C24H28BrCl2N3O5/c1-13(2)8-19(29-23(31)14(3)35-20-7-6-16(26)10-18(20)27)24(32)30-28-12-15-9-17(25)22(34-5)11-21(15)33-4/h6-7,9-14,19H,8H2,1-5H3,(H,29,31)(H,30,32)/b28-12-/t14-,19+/m0/s1. The molecule has 0 bridgehead atoms. The van der Waals surface area contributed by atoms with Crippen LogP contribution in [0.1, 0.15) is 32.8 Å². The van der Waals surface area contributed by atoms with E-state index in [1.54, 1.807) is 38.3 Å². The molecule has 35 heavy (non-hydrogen) atoms. The summed E-state index contributed by atoms with van der Waals surface area (Å²) in [5.41, 5.74) is 3.10. The number of benzene rings is 2. The van der Waals surface area contributed by atoms with Crippen molar-refractivity contribution in [2.24, 2.45) is 11.0 Å². The molecule has 2 N–H and O–H groups in total. The summed E-state index contributed by atoms with van der Waals surface area (Å²) < 4.78 is 17.0. The number of nitrogens with zero attached hydrogens (tertiary/aromatic N) is 1. The van der Waals surface area contributed by atoms with Gasteiger partial charge in [0.05, 0.1) is 29.9 Å². The van der Waals surface area contributed by atoms with Crippen molar-refractivity contribution >= 4 is 57.2 Å². The third-order valence-corrected chi connectivity index (χ3v) is 5.94. The Bertz CT molecular complexity index is 1080. The summed E-state index contributed by atoms with van der Waals surface area (Å²) in [6, 6.07) is 7.33. The molecule has 190 valence electrons. The van der Waals surface area contributed by atoms with Gasteiger partial charge in [0.25, 0.3) is 11.8 Å². The molecule has 0 saturated carbocycles. The van der Waals surface area contributed by atoms with Crippen LogP contribution < -0.4 is 25.0 Å². The molecule has 0 aliphatic carbocycles. The summed E-state index contributed by atoms with van der Waals surface area (Å²) in [6.45, 7) is 5.46. The summed E-state index contributed by atoms with van der Waals surface area (Å²) in [6.07, 6.45) is 0.947. The van der Waals surface area contributed by atoms with Crippen LogP contribution in [-0.4, -0.2) is 44.4 Å². The largest absolute Gasteiger partial charge is 0.496 e. The first kappa shape index (κ1) is 28.7. The maximum absolute atomic E-state index is 12.8. The summed E-state index contributed by atoms with van der Waals surface area (Å²) in [5.74, 6) is 0.622. The molecular weight excluding hydrogens is 561 g/mol. The Hall–Kier alpha value is -2.49. The number of hydrogen-bond donors (Lipinski definition) is 2. The van der Waals surface area contributed by atoms with Gasteiger partial charge < -0.3 is 19.5 Å². The van der Waals surface area contributed by atoms with E-state index in [0.717, 1.165) is 0 Å². The van der Waals surface area contributed by atoms with Crippen LogP contribution in [0.15, 0.2) is 39.9 Å². The Balaban J connectivity index is 2.07. The molecule has 0 fully saturated rings. The molecule has 11 heteroatoms. The minimum atomic E-state index is -0.902. The normalized spacial score (nSPS) is 12.8. The van der Waals surface area contributed by atoms with Gasteiger partial charge in [-0.15, -0.1) is 0 Å². The molecule has 2 rings (SSSR count). The maximum atomic E-state index is 12.8. The van der Waals surface area contributed by atoms with E-state index in [-0.39, 0.29) is 10.9 Å². The lowest BCUT2D eigenvalue weighted by Crippen LogP contribution is -2.49. The Morgan fingerprint density at radius 1 is 1.03 bits per heavy atom. The van der Waals surface area contributed by atoms with Gasteiger partial charge >= 0.3 is 0 Å². The van der Waals surface area contributed by atoms with Crippen molar-refractivity contribution in [2.75, 3.05) is 14.2 Å². The van der Waals surface area contributed by atoms with Gasteiger partial charge in [-0.1, -0.05) is 37.0 Å². The molecule has 2 aromatic rings. The number of hydrogen-bond acceptors (Lipinski definition) is 6. The number of methoxy groups -OCH3 is 2. The third-order valence-electron chi connectivity index (χ3n) is 4.79. The van der Waals surface area contributed by atoms with E-state index < -0.39 is 24.0 Å². The number of carbonyl (C=O) groups excluding carboxylic acids is 2. The molecule has 0 heterocycles. The van der Waals surface area contributed by atoms with Crippen LogP contribution in [0.25, 0.3) is 0 Å². The highest BCUT2D eigenvalue weighted by molar-refractivity contribution is 9.10. The molecule has 0 spiro atoms. The van der Waals surface area contributed by atoms with Crippen molar-refractivity contribution in [1.82, 2.24) is 10.7 Å². The summed E-state index contributed by atoms with van der Waals surface area (Å²) in [7, 11) is 3.07. The highest BCUT2D eigenvalue weighted by Gasteiger charge is 2.25. The number of hydrazone groups is 1. The molecule has 0 radical (unpaired) electrons. The smallest absolute Gasteiger partial charge is 0.262 e. The van der Waals surface area contributed by atoms with Crippen LogP contribution >= 0.6 is 39.1 Å². The van der Waals surface area contributed by atoms with Crippen molar-refractivity contribution < 1.29 is 23.8 Å². The number of rotatable bonds is 11. The second-order valence-electron chi connectivity index (χ2n) is 7.99. The topological polar surface area (TPSA) is 98.3 Å². The SMILES string of the molecule is COc1cc(OC)c(/C=N\NC(=O)[C@@H](CC(C)C)NC(=O)[C@H](C)Oc2ccc(Cl)cc2Cl)cc1Br. The van der Waals surface area contributed by atoms with E-state index >= 15 is 0 Å². The molecule has 0 aliphatic heterocycles. The minimum Gasteiger partial charge on any atom is -0.496 e. The molecule has 2 amide bonds. The third kappa shape index (κ3) is 8.59. The van der Waals surface area contributed by atoms with E-state index in [1.165, 1.54) is 19.4 Å². The second-order valence-corrected chi connectivity index (χ2v) is 9.69. The summed E-state index contributed by atoms with van der Waals surface area (Å²) in [5, 5.41) is 7.50. The van der Waals surface area contributed by atoms with E-state index in [1.807, 2.05) is 13.8 Å². The average molecular weight is 589 g/mol. The van der Waals surface area contributed by atoms with Crippen molar-refractivity contribution in [3.63, 3.8) is 0 Å². The second kappa shape index (κ2) is 13.6. The summed E-state index contributed by atoms with van der Waals surface area (Å²) >= 11 is 15.4. The molecule has 2 aromatic carbocycles. The van der Waals surface area contributed by atoms with Crippen molar-refractivity contribution in [3.8, 4) is 17.2 Å². The van der Waals surface area contributed by atoms with Crippen LogP contribution in [0.3, 0.4) is 0 Å². The molecule has 0 unspecified atom stereocenters. The quantitative estimate of drug-likeness (QED) is 0.277. The number of halogens is 3. The van der Waals surface area contributed by atoms with Crippen molar-refractivity contribution in [3.05, 3.63) is 50.4 Å². The van der Waals surface area contributed by atoms with E-state index in [0.29, 0.717) is 38.7 Å². The average Bonchev–Trinajstić information content (AvgIpc) is 2.80. The van der Waals surface area contributed by atoms with Crippen LogP contribution in [0.5, 0.6) is 17.2 Å². The predicted octanol–water partition coefficient (Wildman–Crippen LogP) is 5.22. The molecule has 2 atom stereocenters. The number of ether oxygens (including phenoxy) is 3. The Morgan fingerprint density at radius 2 is 1.71 bits per heavy atom. The lowest BCUT2D eigenvalue weighted by atomic mass is 10.0. The lowest BCUT2D eigenvalue weighted by molar-refractivity contribution is -0.132. The fourth-order valence-electron chi connectivity index (χ4n) is 3.03. The monoisotopic (exact) mass is 587 g/mol. The van der Waals surface area contributed by atoms with Gasteiger partial charge in [0.15, 0.2) is 6.10 Å². The van der Waals surface area contributed by atoms with Crippen LogP contribution in [-0.2, 0) is 9.59 Å². The highest BCUT2D eigenvalue weighted by Crippen LogP contribution is 2.32. The Morgan fingerprint density at radius 3 is 2.31 bits per heavy atom. The van der Waals surface area contributed by atoms with Gasteiger partial charge in [-0.25, -0.2) is 5.43 Å². The Kier molecular flexibility index (Phi) is 11.1. The Labute approximate surface area is 223 Å². The number of amides is 2.